The molecule has 0 unspecified atom stereocenters. The summed E-state index contributed by atoms with van der Waals surface area (Å²) in [6, 6.07) is 10.9. The number of aromatic nitrogens is 2. The van der Waals surface area contributed by atoms with Crippen molar-refractivity contribution in [2.45, 2.75) is 13.8 Å². The summed E-state index contributed by atoms with van der Waals surface area (Å²) in [6.45, 7) is 3.72. The second-order valence-electron chi connectivity index (χ2n) is 7.24. The number of carbonyl (C=O) groups excluding carboxylic acids is 4. The van der Waals surface area contributed by atoms with Crippen LogP contribution in [0.2, 0.25) is 0 Å². The van der Waals surface area contributed by atoms with Gasteiger partial charge in [0, 0.05) is 28.8 Å². The van der Waals surface area contributed by atoms with Gasteiger partial charge in [-0.2, -0.15) is 0 Å². The normalized spacial score (nSPS) is 15.2. The third-order valence-corrected chi connectivity index (χ3v) is 5.19. The molecule has 3 heterocycles. The largest absolute Gasteiger partial charge is 0.366 e. The Bertz CT molecular complexity index is 1290. The van der Waals surface area contributed by atoms with Gasteiger partial charge in [0.2, 0.25) is 5.91 Å². The van der Waals surface area contributed by atoms with Crippen molar-refractivity contribution in [2.24, 2.45) is 5.73 Å². The molecule has 160 valence electrons. The molecule has 3 aromatic rings. The minimum atomic E-state index is -0.829. The number of aryl methyl sites for hydroxylation is 1. The molecule has 9 heteroatoms. The van der Waals surface area contributed by atoms with Crippen LogP contribution < -0.4 is 16.0 Å². The number of rotatable bonds is 4. The average Bonchev–Trinajstić information content (AvgIpc) is 3.04. The summed E-state index contributed by atoms with van der Waals surface area (Å²) in [4.78, 5) is 53.9. The number of nitrogens with one attached hydrogen (secondary N) is 1. The maximum Gasteiger partial charge on any atom is 0.336 e. The van der Waals surface area contributed by atoms with Gasteiger partial charge < -0.3 is 10.3 Å². The van der Waals surface area contributed by atoms with Gasteiger partial charge in [0.15, 0.2) is 0 Å². The second-order valence-corrected chi connectivity index (χ2v) is 7.24. The van der Waals surface area contributed by atoms with E-state index in [1.165, 1.54) is 18.5 Å². The van der Waals surface area contributed by atoms with E-state index in [1.54, 1.807) is 36.4 Å². The Hall–Kier alpha value is -4.53. The lowest BCUT2D eigenvalue weighted by Gasteiger charge is -2.26. The number of imide groups is 2. The Morgan fingerprint density at radius 1 is 1.06 bits per heavy atom. The van der Waals surface area contributed by atoms with Crippen LogP contribution >= 0.6 is 0 Å². The third-order valence-electron chi connectivity index (χ3n) is 5.19. The summed E-state index contributed by atoms with van der Waals surface area (Å²) < 4.78 is 1.92. The Morgan fingerprint density at radius 2 is 1.78 bits per heavy atom. The van der Waals surface area contributed by atoms with Crippen LogP contribution in [0.3, 0.4) is 0 Å². The molecule has 2 aromatic heterocycles. The highest BCUT2D eigenvalue weighted by Crippen LogP contribution is 2.26. The standard InChI is InChI=1S/C23H19N5O4/c1-13-10-16(14(2)27(13)17-7-5-15(6-8-17)20(24)29)11-19-21(30)26-23(32)28(22(19)31)18-4-3-9-25-12-18/h3-12H,1-2H3,(H2,24,29)(H,26,30,32)/b19-11+. The first-order chi connectivity index (χ1) is 15.3. The molecule has 32 heavy (non-hydrogen) atoms. The Balaban J connectivity index is 1.74. The van der Waals surface area contributed by atoms with Crippen molar-refractivity contribution in [3.63, 3.8) is 0 Å². The van der Waals surface area contributed by atoms with Crippen molar-refractivity contribution < 1.29 is 19.2 Å². The summed E-state index contributed by atoms with van der Waals surface area (Å²) in [5.74, 6) is -2.02. The molecule has 0 spiro atoms. The molecule has 4 rings (SSSR count). The molecular formula is C23H19N5O4. The van der Waals surface area contributed by atoms with Crippen LogP contribution in [0.4, 0.5) is 10.5 Å². The molecule has 0 bridgehead atoms. The van der Waals surface area contributed by atoms with Crippen LogP contribution in [0.15, 0.2) is 60.4 Å². The van der Waals surface area contributed by atoms with Crippen LogP contribution in [0, 0.1) is 13.8 Å². The van der Waals surface area contributed by atoms with Crippen molar-refractivity contribution in [1.82, 2.24) is 14.9 Å². The van der Waals surface area contributed by atoms with Crippen molar-refractivity contribution in [3.05, 3.63) is 82.9 Å². The summed E-state index contributed by atoms with van der Waals surface area (Å²) in [5, 5.41) is 2.20. The van der Waals surface area contributed by atoms with Crippen LogP contribution in [0.5, 0.6) is 0 Å². The number of carbonyl (C=O) groups is 4. The Labute approximate surface area is 183 Å². The number of hydrogen-bond acceptors (Lipinski definition) is 5. The van der Waals surface area contributed by atoms with E-state index in [0.717, 1.165) is 22.0 Å². The SMILES string of the molecule is Cc1cc(/C=C2\C(=O)NC(=O)N(c3cccnc3)C2=O)c(C)n1-c1ccc(C(N)=O)cc1. The van der Waals surface area contributed by atoms with Gasteiger partial charge >= 0.3 is 6.03 Å². The minimum Gasteiger partial charge on any atom is -0.366 e. The topological polar surface area (TPSA) is 127 Å². The molecule has 0 radical (unpaired) electrons. The minimum absolute atomic E-state index is 0.169. The second kappa shape index (κ2) is 7.95. The van der Waals surface area contributed by atoms with E-state index in [0.29, 0.717) is 11.1 Å². The van der Waals surface area contributed by atoms with Gasteiger partial charge in [-0.05, 0) is 68.0 Å². The lowest BCUT2D eigenvalue weighted by molar-refractivity contribution is -0.122. The number of nitrogens with two attached hydrogens (primary N) is 1. The van der Waals surface area contributed by atoms with E-state index >= 15 is 0 Å². The van der Waals surface area contributed by atoms with Crippen molar-refractivity contribution in [3.8, 4) is 5.69 Å². The number of urea groups is 1. The van der Waals surface area contributed by atoms with Gasteiger partial charge in [0.05, 0.1) is 11.9 Å². The molecule has 1 aliphatic rings. The average molecular weight is 429 g/mol. The quantitative estimate of drug-likeness (QED) is 0.486. The molecule has 1 aliphatic heterocycles. The zero-order valence-electron chi connectivity index (χ0n) is 17.3. The number of barbiturate groups is 1. The fraction of sp³-hybridized carbons (Fsp3) is 0.0870. The fourth-order valence-corrected chi connectivity index (χ4v) is 3.64. The number of amides is 5. The molecule has 1 fully saturated rings. The molecule has 3 N–H and O–H groups in total. The molecule has 9 nitrogen and oxygen atoms in total. The lowest BCUT2D eigenvalue weighted by Crippen LogP contribution is -2.54. The first-order valence-electron chi connectivity index (χ1n) is 9.68. The number of pyridine rings is 1. The number of hydrogen-bond donors (Lipinski definition) is 2. The molecule has 5 amide bonds. The first-order valence-corrected chi connectivity index (χ1v) is 9.68. The monoisotopic (exact) mass is 429 g/mol. The number of benzene rings is 1. The molecule has 0 atom stereocenters. The van der Waals surface area contributed by atoms with Crippen LogP contribution in [0.1, 0.15) is 27.3 Å². The molecule has 1 saturated heterocycles. The highest BCUT2D eigenvalue weighted by molar-refractivity contribution is 6.39. The van der Waals surface area contributed by atoms with Crippen molar-refractivity contribution in [1.29, 1.82) is 0 Å². The van der Waals surface area contributed by atoms with Gasteiger partial charge in [0.25, 0.3) is 11.8 Å². The van der Waals surface area contributed by atoms with Crippen LogP contribution in [-0.2, 0) is 9.59 Å². The predicted molar refractivity (Wildman–Crippen MR) is 117 cm³/mol. The Morgan fingerprint density at radius 3 is 2.41 bits per heavy atom. The van der Waals surface area contributed by atoms with Crippen molar-refractivity contribution >= 4 is 35.5 Å². The molecular weight excluding hydrogens is 410 g/mol. The summed E-state index contributed by atoms with van der Waals surface area (Å²) in [6.07, 6.45) is 4.35. The zero-order chi connectivity index (χ0) is 23.0. The zero-order valence-corrected chi connectivity index (χ0v) is 17.3. The third kappa shape index (κ3) is 3.56. The number of primary amides is 1. The lowest BCUT2D eigenvalue weighted by atomic mass is 10.1. The maximum absolute atomic E-state index is 13.0. The smallest absolute Gasteiger partial charge is 0.336 e. The van der Waals surface area contributed by atoms with Gasteiger partial charge in [-0.25, -0.2) is 9.69 Å². The van der Waals surface area contributed by atoms with E-state index in [2.05, 4.69) is 10.3 Å². The van der Waals surface area contributed by atoms with E-state index in [1.807, 2.05) is 24.5 Å². The maximum atomic E-state index is 13.0. The van der Waals surface area contributed by atoms with Gasteiger partial charge in [-0.3, -0.25) is 24.7 Å². The van der Waals surface area contributed by atoms with Crippen molar-refractivity contribution in [2.75, 3.05) is 4.90 Å². The van der Waals surface area contributed by atoms with E-state index in [9.17, 15) is 19.2 Å². The van der Waals surface area contributed by atoms with E-state index < -0.39 is 23.8 Å². The number of nitrogens with zero attached hydrogens (tertiary/aromatic N) is 3. The fourth-order valence-electron chi connectivity index (χ4n) is 3.64. The highest BCUT2D eigenvalue weighted by Gasteiger charge is 2.37. The van der Waals surface area contributed by atoms with E-state index in [4.69, 9.17) is 5.73 Å². The van der Waals surface area contributed by atoms with Crippen LogP contribution in [-0.4, -0.2) is 33.3 Å². The number of anilines is 1. The predicted octanol–water partition coefficient (Wildman–Crippen LogP) is 2.25. The molecule has 1 aromatic carbocycles. The molecule has 0 saturated carbocycles. The first kappa shape index (κ1) is 20.7. The summed E-state index contributed by atoms with van der Waals surface area (Å²) in [7, 11) is 0. The van der Waals surface area contributed by atoms with Gasteiger partial charge in [-0.1, -0.05) is 0 Å². The van der Waals surface area contributed by atoms with Gasteiger partial charge in [-0.15, -0.1) is 0 Å². The summed E-state index contributed by atoms with van der Waals surface area (Å²) in [5.41, 5.74) is 8.84. The van der Waals surface area contributed by atoms with Crippen LogP contribution in [0.25, 0.3) is 11.8 Å². The summed E-state index contributed by atoms with van der Waals surface area (Å²) >= 11 is 0. The van der Waals surface area contributed by atoms with Gasteiger partial charge in [0.1, 0.15) is 5.57 Å². The Kier molecular flexibility index (Phi) is 5.15. The highest BCUT2D eigenvalue weighted by atomic mass is 16.2. The molecule has 0 aliphatic carbocycles. The van der Waals surface area contributed by atoms with E-state index in [-0.39, 0.29) is 11.3 Å².